The maximum atomic E-state index is 12.7. The topological polar surface area (TPSA) is 141 Å². The van der Waals surface area contributed by atoms with E-state index in [1.807, 2.05) is 54.6 Å². The van der Waals surface area contributed by atoms with Gasteiger partial charge in [0.25, 0.3) is 0 Å². The van der Waals surface area contributed by atoms with Crippen molar-refractivity contribution in [2.45, 2.75) is 38.0 Å². The van der Waals surface area contributed by atoms with Crippen LogP contribution in [0, 0.1) is 0 Å². The molecular formula is C26H28N4O6. The van der Waals surface area contributed by atoms with E-state index in [2.05, 4.69) is 15.6 Å². The summed E-state index contributed by atoms with van der Waals surface area (Å²) in [6.07, 6.45) is 2.30. The van der Waals surface area contributed by atoms with Crippen molar-refractivity contribution in [1.82, 2.24) is 20.5 Å². The Kier molecular flexibility index (Phi) is 7.84. The molecule has 10 nitrogen and oxygen atoms in total. The molecule has 2 atom stereocenters. The van der Waals surface area contributed by atoms with Crippen LogP contribution in [0.2, 0.25) is 0 Å². The van der Waals surface area contributed by atoms with Crippen LogP contribution in [0.1, 0.15) is 24.0 Å². The summed E-state index contributed by atoms with van der Waals surface area (Å²) in [5.74, 6) is -2.29. The normalized spacial score (nSPS) is 15.9. The van der Waals surface area contributed by atoms with Gasteiger partial charge in [0, 0.05) is 30.1 Å². The van der Waals surface area contributed by atoms with Crippen molar-refractivity contribution in [2.24, 2.45) is 0 Å². The Labute approximate surface area is 207 Å². The average molecular weight is 493 g/mol. The Morgan fingerprint density at radius 1 is 1.08 bits per heavy atom. The number of likely N-dealkylation sites (tertiary alicyclic amines) is 1. The molecule has 0 bridgehead atoms. The van der Waals surface area contributed by atoms with Crippen molar-refractivity contribution < 1.29 is 29.0 Å². The fourth-order valence-electron chi connectivity index (χ4n) is 4.31. The maximum Gasteiger partial charge on any atom is 0.410 e. The number of amides is 3. The zero-order valence-corrected chi connectivity index (χ0v) is 19.6. The van der Waals surface area contributed by atoms with Crippen LogP contribution < -0.4 is 10.6 Å². The van der Waals surface area contributed by atoms with Gasteiger partial charge in [-0.25, -0.2) is 9.59 Å². The van der Waals surface area contributed by atoms with Crippen LogP contribution in [0.15, 0.2) is 60.8 Å². The molecule has 1 aliphatic heterocycles. The van der Waals surface area contributed by atoms with Gasteiger partial charge in [-0.2, -0.15) is 0 Å². The number of H-pyrrole nitrogens is 1. The number of aliphatic carboxylic acids is 1. The van der Waals surface area contributed by atoms with Crippen LogP contribution in [0.4, 0.5) is 4.79 Å². The first kappa shape index (κ1) is 24.8. The molecule has 1 fully saturated rings. The van der Waals surface area contributed by atoms with E-state index in [1.54, 1.807) is 6.20 Å². The van der Waals surface area contributed by atoms with Crippen LogP contribution in [0.5, 0.6) is 0 Å². The molecule has 0 spiro atoms. The van der Waals surface area contributed by atoms with Crippen molar-refractivity contribution >= 4 is 34.8 Å². The molecule has 0 aliphatic carbocycles. The Morgan fingerprint density at radius 3 is 2.61 bits per heavy atom. The number of para-hydroxylation sites is 1. The summed E-state index contributed by atoms with van der Waals surface area (Å²) in [7, 11) is 0. The summed E-state index contributed by atoms with van der Waals surface area (Å²) in [5, 5.41) is 15.5. The number of fused-ring (bicyclic) bond motifs is 1. The minimum atomic E-state index is -1.18. The Morgan fingerprint density at radius 2 is 1.83 bits per heavy atom. The Bertz CT molecular complexity index is 1240. The minimum absolute atomic E-state index is 0.0860. The molecule has 2 heterocycles. The van der Waals surface area contributed by atoms with Crippen LogP contribution in [-0.2, 0) is 32.1 Å². The Hall–Kier alpha value is -4.34. The van der Waals surface area contributed by atoms with Crippen molar-refractivity contribution in [3.8, 4) is 0 Å². The number of nitrogens with one attached hydrogen (secondary N) is 3. The largest absolute Gasteiger partial charge is 0.480 e. The zero-order chi connectivity index (χ0) is 25.5. The second-order valence-corrected chi connectivity index (χ2v) is 8.63. The van der Waals surface area contributed by atoms with Gasteiger partial charge in [-0.05, 0) is 30.0 Å². The number of nitrogens with zero attached hydrogens (tertiary/aromatic N) is 1. The number of carboxylic acid groups (broad SMARTS) is 1. The summed E-state index contributed by atoms with van der Waals surface area (Å²) < 4.78 is 5.34. The number of ether oxygens (including phenoxy) is 1. The van der Waals surface area contributed by atoms with Crippen molar-refractivity contribution in [3.05, 3.63) is 71.9 Å². The first-order valence-corrected chi connectivity index (χ1v) is 11.7. The standard InChI is InChI=1S/C26H28N4O6/c31-23(29-21(25(33)34)13-18-14-27-20-10-5-4-9-19(18)20)15-28-24(32)22-11-6-12-30(22)26(35)36-16-17-7-2-1-3-8-17/h1-5,7-10,14,21-22,27H,6,11-13,15-16H2,(H,28,32)(H,29,31)(H,33,34). The maximum absolute atomic E-state index is 12.7. The highest BCUT2D eigenvalue weighted by atomic mass is 16.6. The van der Waals surface area contributed by atoms with Gasteiger partial charge in [-0.3, -0.25) is 14.5 Å². The first-order valence-electron chi connectivity index (χ1n) is 11.7. The molecule has 2 unspecified atom stereocenters. The molecule has 1 aliphatic rings. The molecular weight excluding hydrogens is 464 g/mol. The van der Waals surface area contributed by atoms with Crippen LogP contribution >= 0.6 is 0 Å². The van der Waals surface area contributed by atoms with E-state index in [9.17, 15) is 24.3 Å². The molecule has 0 radical (unpaired) electrons. The lowest BCUT2D eigenvalue weighted by Gasteiger charge is -2.23. The third kappa shape index (κ3) is 6.01. The lowest BCUT2D eigenvalue weighted by molar-refractivity contribution is -0.141. The van der Waals surface area contributed by atoms with Crippen LogP contribution in [0.25, 0.3) is 10.9 Å². The summed E-state index contributed by atoms with van der Waals surface area (Å²) in [4.78, 5) is 53.8. The van der Waals surface area contributed by atoms with Crippen molar-refractivity contribution in [1.29, 1.82) is 0 Å². The zero-order valence-electron chi connectivity index (χ0n) is 19.6. The predicted octanol–water partition coefficient (Wildman–Crippen LogP) is 2.20. The van der Waals surface area contributed by atoms with Gasteiger partial charge in [0.1, 0.15) is 18.7 Å². The number of hydrogen-bond donors (Lipinski definition) is 4. The lowest BCUT2D eigenvalue weighted by Crippen LogP contribution is -2.50. The highest BCUT2D eigenvalue weighted by Crippen LogP contribution is 2.20. The second-order valence-electron chi connectivity index (χ2n) is 8.63. The van der Waals surface area contributed by atoms with Crippen molar-refractivity contribution in [2.75, 3.05) is 13.1 Å². The lowest BCUT2D eigenvalue weighted by atomic mass is 10.0. The third-order valence-corrected chi connectivity index (χ3v) is 6.15. The summed E-state index contributed by atoms with van der Waals surface area (Å²) in [6.45, 7) is 0.0729. The van der Waals surface area contributed by atoms with Crippen LogP contribution in [0.3, 0.4) is 0 Å². The number of hydrogen-bond acceptors (Lipinski definition) is 5. The number of carbonyl (C=O) groups is 4. The number of rotatable bonds is 9. The van der Waals surface area contributed by atoms with Crippen LogP contribution in [-0.4, -0.2) is 64.0 Å². The van der Waals surface area contributed by atoms with Gasteiger partial charge in [0.15, 0.2) is 0 Å². The fraction of sp³-hybridized carbons (Fsp3) is 0.308. The summed E-state index contributed by atoms with van der Waals surface area (Å²) >= 11 is 0. The molecule has 4 N–H and O–H groups in total. The molecule has 3 aromatic rings. The van der Waals surface area contributed by atoms with Gasteiger partial charge >= 0.3 is 12.1 Å². The summed E-state index contributed by atoms with van der Waals surface area (Å²) in [5.41, 5.74) is 2.47. The number of carboxylic acids is 1. The van der Waals surface area contributed by atoms with E-state index in [1.165, 1.54) is 4.90 Å². The van der Waals surface area contributed by atoms with E-state index in [4.69, 9.17) is 4.74 Å². The molecule has 188 valence electrons. The molecule has 1 saturated heterocycles. The van der Waals surface area contributed by atoms with Gasteiger partial charge in [-0.1, -0.05) is 48.5 Å². The minimum Gasteiger partial charge on any atom is -0.480 e. The number of aromatic nitrogens is 1. The second kappa shape index (κ2) is 11.4. The molecule has 2 aromatic carbocycles. The van der Waals surface area contributed by atoms with Gasteiger partial charge in [-0.15, -0.1) is 0 Å². The highest BCUT2D eigenvalue weighted by Gasteiger charge is 2.35. The Balaban J connectivity index is 1.28. The molecule has 1 aromatic heterocycles. The molecule has 36 heavy (non-hydrogen) atoms. The van der Waals surface area contributed by atoms with Crippen molar-refractivity contribution in [3.63, 3.8) is 0 Å². The average Bonchev–Trinajstić information content (AvgIpc) is 3.54. The van der Waals surface area contributed by atoms with E-state index in [0.717, 1.165) is 22.0 Å². The molecule has 4 rings (SSSR count). The summed E-state index contributed by atoms with van der Waals surface area (Å²) in [6, 6.07) is 14.8. The molecule has 0 saturated carbocycles. The monoisotopic (exact) mass is 492 g/mol. The first-order chi connectivity index (χ1) is 17.4. The fourth-order valence-corrected chi connectivity index (χ4v) is 4.31. The van der Waals surface area contributed by atoms with E-state index >= 15 is 0 Å². The van der Waals surface area contributed by atoms with Gasteiger partial charge < -0.3 is 25.5 Å². The number of benzene rings is 2. The SMILES string of the molecule is O=C(CNC(=O)C1CCCN1C(=O)OCc1ccccc1)NC(Cc1c[nH]c2ccccc12)C(=O)O. The molecule has 10 heteroatoms. The number of aromatic amines is 1. The highest BCUT2D eigenvalue weighted by molar-refractivity contribution is 5.91. The van der Waals surface area contributed by atoms with E-state index in [0.29, 0.717) is 19.4 Å². The van der Waals surface area contributed by atoms with Gasteiger partial charge in [0.2, 0.25) is 11.8 Å². The molecule has 3 amide bonds. The third-order valence-electron chi connectivity index (χ3n) is 6.15. The number of carbonyl (C=O) groups excluding carboxylic acids is 3. The van der Waals surface area contributed by atoms with E-state index < -0.39 is 42.5 Å². The quantitative estimate of drug-likeness (QED) is 0.361. The predicted molar refractivity (Wildman–Crippen MR) is 131 cm³/mol. The van der Waals surface area contributed by atoms with Gasteiger partial charge in [0.05, 0.1) is 6.54 Å². The van der Waals surface area contributed by atoms with E-state index in [-0.39, 0.29) is 13.0 Å². The smallest absolute Gasteiger partial charge is 0.410 e.